The number of hydrogen-bond donors (Lipinski definition) is 1. The molecule has 1 heterocycles. The molecule has 1 fully saturated rings. The SMILES string of the molecule is COC(=O)NCC(=O)N1CCCN(C2Cc3ccccc3C2)CC1. The van der Waals surface area contributed by atoms with E-state index in [0.29, 0.717) is 12.6 Å². The van der Waals surface area contributed by atoms with Crippen molar-refractivity contribution < 1.29 is 14.3 Å². The highest BCUT2D eigenvalue weighted by atomic mass is 16.5. The molecule has 2 amide bonds. The molecule has 0 aromatic heterocycles. The van der Waals surface area contributed by atoms with E-state index in [1.165, 1.54) is 18.2 Å². The maximum atomic E-state index is 12.2. The lowest BCUT2D eigenvalue weighted by Crippen LogP contribution is -2.43. The molecule has 24 heavy (non-hydrogen) atoms. The fourth-order valence-corrected chi connectivity index (χ4v) is 3.68. The van der Waals surface area contributed by atoms with Gasteiger partial charge in [-0.05, 0) is 30.4 Å². The first-order valence-electron chi connectivity index (χ1n) is 8.58. The van der Waals surface area contributed by atoms with Gasteiger partial charge in [-0.2, -0.15) is 0 Å². The zero-order valence-electron chi connectivity index (χ0n) is 14.2. The molecule has 1 aromatic carbocycles. The molecule has 0 saturated carbocycles. The van der Waals surface area contributed by atoms with Crippen LogP contribution < -0.4 is 5.32 Å². The van der Waals surface area contributed by atoms with Gasteiger partial charge in [-0.1, -0.05) is 24.3 Å². The first-order chi connectivity index (χ1) is 11.7. The molecular weight excluding hydrogens is 306 g/mol. The van der Waals surface area contributed by atoms with Crippen molar-refractivity contribution in [2.75, 3.05) is 39.8 Å². The van der Waals surface area contributed by atoms with Crippen LogP contribution in [0.4, 0.5) is 4.79 Å². The van der Waals surface area contributed by atoms with Gasteiger partial charge in [0.25, 0.3) is 0 Å². The molecule has 0 bridgehead atoms. The topological polar surface area (TPSA) is 61.9 Å². The summed E-state index contributed by atoms with van der Waals surface area (Å²) in [7, 11) is 1.29. The predicted octanol–water partition coefficient (Wildman–Crippen LogP) is 1.04. The molecule has 130 valence electrons. The molecule has 3 rings (SSSR count). The molecule has 6 nitrogen and oxygen atoms in total. The summed E-state index contributed by atoms with van der Waals surface area (Å²) in [6, 6.07) is 9.21. The summed E-state index contributed by atoms with van der Waals surface area (Å²) in [5, 5.41) is 2.46. The molecule has 1 aliphatic carbocycles. The monoisotopic (exact) mass is 331 g/mol. The Bertz CT molecular complexity index is 580. The molecule has 1 saturated heterocycles. The van der Waals surface area contributed by atoms with E-state index in [0.717, 1.165) is 38.9 Å². The maximum absolute atomic E-state index is 12.2. The van der Waals surface area contributed by atoms with Crippen molar-refractivity contribution in [2.45, 2.75) is 25.3 Å². The number of ether oxygens (including phenoxy) is 1. The number of carbonyl (C=O) groups excluding carboxylic acids is 2. The third-order valence-corrected chi connectivity index (χ3v) is 5.00. The summed E-state index contributed by atoms with van der Waals surface area (Å²) in [6.45, 7) is 3.38. The summed E-state index contributed by atoms with van der Waals surface area (Å²) in [5.74, 6) is -0.0445. The summed E-state index contributed by atoms with van der Waals surface area (Å²) in [5.41, 5.74) is 2.92. The van der Waals surface area contributed by atoms with E-state index >= 15 is 0 Å². The van der Waals surface area contributed by atoms with Gasteiger partial charge < -0.3 is 15.0 Å². The number of benzene rings is 1. The van der Waals surface area contributed by atoms with Gasteiger partial charge in [-0.3, -0.25) is 9.69 Å². The van der Waals surface area contributed by atoms with Crippen LogP contribution in [0.5, 0.6) is 0 Å². The second-order valence-electron chi connectivity index (χ2n) is 6.45. The molecule has 0 spiro atoms. The molecule has 6 heteroatoms. The summed E-state index contributed by atoms with van der Waals surface area (Å²) in [4.78, 5) is 27.7. The lowest BCUT2D eigenvalue weighted by atomic mass is 10.1. The van der Waals surface area contributed by atoms with E-state index in [9.17, 15) is 9.59 Å². The average molecular weight is 331 g/mol. The average Bonchev–Trinajstić information content (AvgIpc) is 2.88. The lowest BCUT2D eigenvalue weighted by Gasteiger charge is -2.27. The van der Waals surface area contributed by atoms with Crippen molar-refractivity contribution in [2.24, 2.45) is 0 Å². The second-order valence-corrected chi connectivity index (χ2v) is 6.45. The lowest BCUT2D eigenvalue weighted by molar-refractivity contribution is -0.130. The zero-order valence-corrected chi connectivity index (χ0v) is 14.2. The van der Waals surface area contributed by atoms with Crippen LogP contribution in [0, 0.1) is 0 Å². The number of rotatable bonds is 3. The van der Waals surface area contributed by atoms with Crippen LogP contribution in [0.25, 0.3) is 0 Å². The van der Waals surface area contributed by atoms with E-state index in [2.05, 4.69) is 39.2 Å². The molecule has 1 aromatic rings. The molecular formula is C18H25N3O3. The van der Waals surface area contributed by atoms with Crippen molar-refractivity contribution in [3.63, 3.8) is 0 Å². The summed E-state index contributed by atoms with van der Waals surface area (Å²) >= 11 is 0. The first kappa shape index (κ1) is 16.8. The van der Waals surface area contributed by atoms with Crippen LogP contribution in [0.3, 0.4) is 0 Å². The van der Waals surface area contributed by atoms with Crippen LogP contribution >= 0.6 is 0 Å². The highest BCUT2D eigenvalue weighted by molar-refractivity contribution is 5.82. The van der Waals surface area contributed by atoms with Crippen molar-refractivity contribution in [1.82, 2.24) is 15.1 Å². The zero-order chi connectivity index (χ0) is 16.9. The van der Waals surface area contributed by atoms with Gasteiger partial charge in [0.15, 0.2) is 0 Å². The summed E-state index contributed by atoms with van der Waals surface area (Å²) < 4.78 is 4.50. The Morgan fingerprint density at radius 1 is 1.12 bits per heavy atom. The Kier molecular flexibility index (Phi) is 5.35. The van der Waals surface area contributed by atoms with Crippen molar-refractivity contribution in [3.8, 4) is 0 Å². The fraction of sp³-hybridized carbons (Fsp3) is 0.556. The smallest absolute Gasteiger partial charge is 0.407 e. The third-order valence-electron chi connectivity index (χ3n) is 5.00. The second kappa shape index (κ2) is 7.66. The number of fused-ring (bicyclic) bond motifs is 1. The Hall–Kier alpha value is -2.08. The molecule has 2 aliphatic rings. The predicted molar refractivity (Wildman–Crippen MR) is 90.8 cm³/mol. The number of carbonyl (C=O) groups is 2. The van der Waals surface area contributed by atoms with Gasteiger partial charge in [0.2, 0.25) is 5.91 Å². The Labute approximate surface area is 142 Å². The van der Waals surface area contributed by atoms with E-state index in [-0.39, 0.29) is 12.5 Å². The van der Waals surface area contributed by atoms with E-state index in [1.54, 1.807) is 0 Å². The molecule has 1 N–H and O–H groups in total. The van der Waals surface area contributed by atoms with E-state index in [4.69, 9.17) is 0 Å². The highest BCUT2D eigenvalue weighted by Crippen LogP contribution is 2.26. The number of alkyl carbamates (subject to hydrolysis) is 1. The summed E-state index contributed by atoms with van der Waals surface area (Å²) in [6.07, 6.45) is 2.61. The van der Waals surface area contributed by atoms with Gasteiger partial charge >= 0.3 is 6.09 Å². The van der Waals surface area contributed by atoms with Crippen molar-refractivity contribution in [3.05, 3.63) is 35.4 Å². The Balaban J connectivity index is 1.51. The Morgan fingerprint density at radius 3 is 2.50 bits per heavy atom. The molecule has 0 unspecified atom stereocenters. The van der Waals surface area contributed by atoms with Crippen molar-refractivity contribution >= 4 is 12.0 Å². The van der Waals surface area contributed by atoms with Gasteiger partial charge in [-0.15, -0.1) is 0 Å². The number of nitrogens with zero attached hydrogens (tertiary/aromatic N) is 2. The van der Waals surface area contributed by atoms with Crippen LogP contribution in [-0.4, -0.2) is 67.7 Å². The van der Waals surface area contributed by atoms with Crippen LogP contribution in [0.1, 0.15) is 17.5 Å². The normalized spacial score (nSPS) is 18.8. The van der Waals surface area contributed by atoms with Gasteiger partial charge in [0.05, 0.1) is 7.11 Å². The molecule has 1 aliphatic heterocycles. The number of methoxy groups -OCH3 is 1. The van der Waals surface area contributed by atoms with Gasteiger partial charge in [-0.25, -0.2) is 4.79 Å². The first-order valence-corrected chi connectivity index (χ1v) is 8.58. The maximum Gasteiger partial charge on any atom is 0.407 e. The Morgan fingerprint density at radius 2 is 1.83 bits per heavy atom. The van der Waals surface area contributed by atoms with Gasteiger partial charge in [0, 0.05) is 32.2 Å². The van der Waals surface area contributed by atoms with Crippen molar-refractivity contribution in [1.29, 1.82) is 0 Å². The minimum absolute atomic E-state index is 0.00153. The number of hydrogen-bond acceptors (Lipinski definition) is 4. The quantitative estimate of drug-likeness (QED) is 0.899. The van der Waals surface area contributed by atoms with E-state index in [1.807, 2.05) is 4.90 Å². The van der Waals surface area contributed by atoms with Crippen LogP contribution in [-0.2, 0) is 22.4 Å². The minimum atomic E-state index is -0.566. The van der Waals surface area contributed by atoms with Crippen LogP contribution in [0.15, 0.2) is 24.3 Å². The van der Waals surface area contributed by atoms with E-state index < -0.39 is 6.09 Å². The van der Waals surface area contributed by atoms with Gasteiger partial charge in [0.1, 0.15) is 6.54 Å². The highest BCUT2D eigenvalue weighted by Gasteiger charge is 2.28. The largest absolute Gasteiger partial charge is 0.453 e. The molecule has 0 atom stereocenters. The fourth-order valence-electron chi connectivity index (χ4n) is 3.68. The van der Waals surface area contributed by atoms with Crippen LogP contribution in [0.2, 0.25) is 0 Å². The third kappa shape index (κ3) is 3.87. The number of nitrogens with one attached hydrogen (secondary N) is 1. The molecule has 0 radical (unpaired) electrons. The number of amides is 2. The minimum Gasteiger partial charge on any atom is -0.453 e. The standard InChI is InChI=1S/C18H25N3O3/c1-24-18(23)19-13-17(22)21-8-4-7-20(9-10-21)16-11-14-5-2-3-6-15(14)12-16/h2-3,5-6,16H,4,7-13H2,1H3,(H,19,23).